The molecule has 1 unspecified atom stereocenters. The van der Waals surface area contributed by atoms with Gasteiger partial charge >= 0.3 is 0 Å². The maximum absolute atomic E-state index is 8.09. The van der Waals surface area contributed by atoms with Crippen LogP contribution in [-0.4, -0.2) is 17.1 Å². The van der Waals surface area contributed by atoms with Crippen molar-refractivity contribution in [3.63, 3.8) is 0 Å². The number of hydrogen-bond acceptors (Lipinski definition) is 3. The van der Waals surface area contributed by atoms with E-state index in [0.29, 0.717) is 6.42 Å². The summed E-state index contributed by atoms with van der Waals surface area (Å²) >= 11 is 0. The summed E-state index contributed by atoms with van der Waals surface area (Å²) in [4.78, 5) is 0. The molecule has 4 nitrogen and oxygen atoms in total. The third-order valence-electron chi connectivity index (χ3n) is 1.12. The Labute approximate surface area is 54.5 Å². The van der Waals surface area contributed by atoms with Gasteiger partial charge < -0.3 is 16.7 Å². The molecular weight excluding hydrogens is 118 g/mol. The maximum Gasteiger partial charge on any atom is 0.140 e. The topological polar surface area (TPSA) is 84.6 Å². The fraction of sp³-hybridized carbons (Fsp3) is 0.800. The number of nitrogens with two attached hydrogens (primary N) is 2. The summed E-state index contributed by atoms with van der Waals surface area (Å²) in [5.74, 6) is 0.198. The van der Waals surface area contributed by atoms with Gasteiger partial charge in [0.2, 0.25) is 0 Å². The van der Waals surface area contributed by atoms with Crippen LogP contribution >= 0.6 is 0 Å². The summed E-state index contributed by atoms with van der Waals surface area (Å²) in [7, 11) is 0. The van der Waals surface area contributed by atoms with Crippen LogP contribution in [0.25, 0.3) is 0 Å². The molecule has 1 atom stereocenters. The summed E-state index contributed by atoms with van der Waals surface area (Å²) in [6.07, 6.45) is 1.31. The summed E-state index contributed by atoms with van der Waals surface area (Å²) in [6.45, 7) is 1.95. The molecule has 0 aliphatic carbocycles. The highest BCUT2D eigenvalue weighted by Gasteiger charge is 2.00. The average molecular weight is 131 g/mol. The second-order valence-corrected chi connectivity index (χ2v) is 1.96. The lowest BCUT2D eigenvalue weighted by atomic mass is 10.2. The Morgan fingerprint density at radius 2 is 2.33 bits per heavy atom. The van der Waals surface area contributed by atoms with Gasteiger partial charge in [0.25, 0.3) is 0 Å². The van der Waals surface area contributed by atoms with E-state index in [4.69, 9.17) is 16.7 Å². The largest absolute Gasteiger partial charge is 0.409 e. The van der Waals surface area contributed by atoms with Gasteiger partial charge in [0.05, 0.1) is 0 Å². The number of hydrogen-bond donors (Lipinski definition) is 3. The molecule has 0 aliphatic rings. The second-order valence-electron chi connectivity index (χ2n) is 1.96. The number of amidine groups is 1. The van der Waals surface area contributed by atoms with Gasteiger partial charge in [0.15, 0.2) is 0 Å². The minimum atomic E-state index is 0.0147. The van der Waals surface area contributed by atoms with E-state index in [1.54, 1.807) is 0 Å². The molecule has 0 fully saturated rings. The van der Waals surface area contributed by atoms with E-state index >= 15 is 0 Å². The fourth-order valence-electron chi connectivity index (χ4n) is 0.454. The molecule has 9 heavy (non-hydrogen) atoms. The molecule has 0 heterocycles. The first kappa shape index (κ1) is 8.23. The van der Waals surface area contributed by atoms with E-state index in [2.05, 4.69) is 5.16 Å². The van der Waals surface area contributed by atoms with Gasteiger partial charge in [-0.15, -0.1) is 0 Å². The van der Waals surface area contributed by atoms with Crippen LogP contribution in [0.2, 0.25) is 0 Å². The van der Waals surface area contributed by atoms with Crippen LogP contribution in [0.15, 0.2) is 5.16 Å². The quantitative estimate of drug-likeness (QED) is 0.216. The zero-order valence-corrected chi connectivity index (χ0v) is 5.54. The van der Waals surface area contributed by atoms with Gasteiger partial charge in [-0.25, -0.2) is 0 Å². The molecule has 0 bridgehead atoms. The third kappa shape index (κ3) is 3.78. The van der Waals surface area contributed by atoms with Crippen molar-refractivity contribution in [1.82, 2.24) is 0 Å². The Hall–Kier alpha value is -0.770. The predicted molar refractivity (Wildman–Crippen MR) is 36.3 cm³/mol. The molecule has 0 rings (SSSR count). The highest BCUT2D eigenvalue weighted by molar-refractivity contribution is 5.80. The lowest BCUT2D eigenvalue weighted by Gasteiger charge is -2.04. The van der Waals surface area contributed by atoms with E-state index < -0.39 is 0 Å². The van der Waals surface area contributed by atoms with Crippen molar-refractivity contribution >= 4 is 5.84 Å². The first-order valence-corrected chi connectivity index (χ1v) is 2.92. The van der Waals surface area contributed by atoms with Gasteiger partial charge in [0, 0.05) is 12.5 Å². The van der Waals surface area contributed by atoms with E-state index in [1.807, 2.05) is 6.92 Å². The van der Waals surface area contributed by atoms with Crippen LogP contribution in [0.1, 0.15) is 19.8 Å². The predicted octanol–water partition coefficient (Wildman–Crippen LogP) is -0.140. The van der Waals surface area contributed by atoms with Gasteiger partial charge in [0.1, 0.15) is 5.84 Å². The Morgan fingerprint density at radius 3 is 2.67 bits per heavy atom. The molecule has 0 saturated carbocycles. The second kappa shape index (κ2) is 4.14. The fourth-order valence-corrected chi connectivity index (χ4v) is 0.454. The van der Waals surface area contributed by atoms with Crippen LogP contribution in [-0.2, 0) is 0 Å². The minimum absolute atomic E-state index is 0.0147. The molecule has 5 N–H and O–H groups in total. The molecule has 4 heteroatoms. The molecule has 0 aliphatic heterocycles. The van der Waals surface area contributed by atoms with Crippen LogP contribution < -0.4 is 11.5 Å². The highest BCUT2D eigenvalue weighted by Crippen LogP contribution is 1.91. The zero-order valence-electron chi connectivity index (χ0n) is 5.54. The van der Waals surface area contributed by atoms with Crippen LogP contribution in [0.4, 0.5) is 0 Å². The van der Waals surface area contributed by atoms with Crippen molar-refractivity contribution in [2.24, 2.45) is 16.6 Å². The summed E-state index contributed by atoms with van der Waals surface area (Å²) in [6, 6.07) is 0.0147. The van der Waals surface area contributed by atoms with Crippen molar-refractivity contribution in [3.05, 3.63) is 0 Å². The Balaban J connectivity index is 3.47. The number of nitrogens with zero attached hydrogens (tertiary/aromatic N) is 1. The lowest BCUT2D eigenvalue weighted by Crippen LogP contribution is -2.26. The SMILES string of the molecule is CCC(N)CC(N)=NO. The minimum Gasteiger partial charge on any atom is -0.409 e. The van der Waals surface area contributed by atoms with Gasteiger partial charge in [-0.05, 0) is 6.42 Å². The maximum atomic E-state index is 8.09. The standard InChI is InChI=1S/C5H13N3O/c1-2-4(6)3-5(7)8-9/h4,9H,2-3,6H2,1H3,(H2,7,8). The summed E-state index contributed by atoms with van der Waals surface area (Å²) in [5.41, 5.74) is 10.6. The van der Waals surface area contributed by atoms with E-state index in [0.717, 1.165) is 6.42 Å². The Morgan fingerprint density at radius 1 is 1.78 bits per heavy atom. The molecule has 0 aromatic carbocycles. The molecule has 0 spiro atoms. The average Bonchev–Trinajstić information content (AvgIpc) is 1.87. The molecule has 0 amide bonds. The summed E-state index contributed by atoms with van der Waals surface area (Å²) in [5, 5.41) is 10.9. The first-order chi connectivity index (χ1) is 4.20. The van der Waals surface area contributed by atoms with E-state index in [9.17, 15) is 0 Å². The molecule has 0 saturated heterocycles. The molecule has 0 radical (unpaired) electrons. The van der Waals surface area contributed by atoms with Gasteiger partial charge in [-0.2, -0.15) is 0 Å². The van der Waals surface area contributed by atoms with Crippen molar-refractivity contribution in [1.29, 1.82) is 0 Å². The van der Waals surface area contributed by atoms with Crippen molar-refractivity contribution in [2.75, 3.05) is 0 Å². The Bertz CT molecular complexity index is 102. The van der Waals surface area contributed by atoms with E-state index in [1.165, 1.54) is 0 Å². The monoisotopic (exact) mass is 131 g/mol. The van der Waals surface area contributed by atoms with Crippen molar-refractivity contribution < 1.29 is 5.21 Å². The van der Waals surface area contributed by atoms with Crippen LogP contribution in [0, 0.1) is 0 Å². The lowest BCUT2D eigenvalue weighted by molar-refractivity contribution is 0.316. The number of oxime groups is 1. The molecule has 54 valence electrons. The molecule has 0 aromatic rings. The van der Waals surface area contributed by atoms with E-state index in [-0.39, 0.29) is 11.9 Å². The normalized spacial score (nSPS) is 15.6. The van der Waals surface area contributed by atoms with Crippen LogP contribution in [0.3, 0.4) is 0 Å². The van der Waals surface area contributed by atoms with Gasteiger partial charge in [-0.1, -0.05) is 12.1 Å². The highest BCUT2D eigenvalue weighted by atomic mass is 16.4. The Kier molecular flexibility index (Phi) is 3.79. The number of rotatable bonds is 3. The summed E-state index contributed by atoms with van der Waals surface area (Å²) < 4.78 is 0. The molecular formula is C5H13N3O. The molecule has 0 aromatic heterocycles. The first-order valence-electron chi connectivity index (χ1n) is 2.92. The van der Waals surface area contributed by atoms with Crippen molar-refractivity contribution in [3.8, 4) is 0 Å². The van der Waals surface area contributed by atoms with Crippen LogP contribution in [0.5, 0.6) is 0 Å². The zero-order chi connectivity index (χ0) is 7.28. The third-order valence-corrected chi connectivity index (χ3v) is 1.12. The van der Waals surface area contributed by atoms with Gasteiger partial charge in [-0.3, -0.25) is 0 Å². The van der Waals surface area contributed by atoms with Crippen molar-refractivity contribution in [2.45, 2.75) is 25.8 Å². The smallest absolute Gasteiger partial charge is 0.140 e.